The van der Waals surface area contributed by atoms with Crippen LogP contribution < -0.4 is 10.6 Å². The molecule has 0 radical (unpaired) electrons. The van der Waals surface area contributed by atoms with Crippen molar-refractivity contribution in [3.8, 4) is 0 Å². The van der Waals surface area contributed by atoms with Crippen molar-refractivity contribution in [3.63, 3.8) is 0 Å². The van der Waals surface area contributed by atoms with Crippen molar-refractivity contribution in [2.45, 2.75) is 18.9 Å². The predicted octanol–water partition coefficient (Wildman–Crippen LogP) is 0.983. The van der Waals surface area contributed by atoms with E-state index in [9.17, 15) is 4.79 Å². The van der Waals surface area contributed by atoms with E-state index >= 15 is 0 Å². The molecule has 2 N–H and O–H groups in total. The third kappa shape index (κ3) is 4.03. The topological polar surface area (TPSA) is 76.1 Å². The van der Waals surface area contributed by atoms with Crippen LogP contribution in [0.5, 0.6) is 0 Å². The molecule has 1 aromatic heterocycles. The Hall–Kier alpha value is -1.95. The normalized spacial score (nSPS) is 18.0. The largest absolute Gasteiger partial charge is 0.376 e. The molecule has 0 aliphatic carbocycles. The molecule has 2 heterocycles. The highest BCUT2D eigenvalue weighted by Crippen LogP contribution is 2.10. The molecule has 2 rings (SSSR count). The van der Waals surface area contributed by atoms with E-state index in [1.165, 1.54) is 12.4 Å². The molecule has 1 atom stereocenters. The quantitative estimate of drug-likeness (QED) is 0.747. The molecule has 6 nitrogen and oxygen atoms in total. The van der Waals surface area contributed by atoms with Gasteiger partial charge in [0.05, 0.1) is 18.5 Å². The summed E-state index contributed by atoms with van der Waals surface area (Å²) in [7, 11) is 0. The number of rotatable bonds is 6. The molecule has 1 fully saturated rings. The standard InChI is InChI=1S/C13H18N4O2/c1-2-5-14-12-9-15-11(8-16-12)13(18)17-7-10-4-3-6-19-10/h2,8-10H,1,3-7H2,(H,14,16)(H,17,18). The summed E-state index contributed by atoms with van der Waals surface area (Å²) < 4.78 is 5.43. The second-order valence-corrected chi connectivity index (χ2v) is 4.30. The van der Waals surface area contributed by atoms with E-state index in [1.54, 1.807) is 6.08 Å². The van der Waals surface area contributed by atoms with E-state index in [2.05, 4.69) is 27.2 Å². The van der Waals surface area contributed by atoms with Gasteiger partial charge in [-0.1, -0.05) is 6.08 Å². The predicted molar refractivity (Wildman–Crippen MR) is 72.0 cm³/mol. The maximum absolute atomic E-state index is 11.8. The van der Waals surface area contributed by atoms with Crippen molar-refractivity contribution in [3.05, 3.63) is 30.7 Å². The van der Waals surface area contributed by atoms with Crippen molar-refractivity contribution in [2.75, 3.05) is 25.0 Å². The van der Waals surface area contributed by atoms with E-state index < -0.39 is 0 Å². The van der Waals surface area contributed by atoms with Crippen molar-refractivity contribution in [2.24, 2.45) is 0 Å². The Bertz CT molecular complexity index is 427. The number of nitrogens with zero attached hydrogens (tertiary/aromatic N) is 2. The van der Waals surface area contributed by atoms with Gasteiger partial charge in [-0.3, -0.25) is 4.79 Å². The van der Waals surface area contributed by atoms with Crippen LogP contribution in [0, 0.1) is 0 Å². The summed E-state index contributed by atoms with van der Waals surface area (Å²) in [5.74, 6) is 0.397. The molecule has 102 valence electrons. The van der Waals surface area contributed by atoms with E-state index in [-0.39, 0.29) is 12.0 Å². The van der Waals surface area contributed by atoms with Gasteiger partial charge in [0.15, 0.2) is 0 Å². The number of aromatic nitrogens is 2. The van der Waals surface area contributed by atoms with Gasteiger partial charge in [0.2, 0.25) is 0 Å². The number of nitrogens with one attached hydrogen (secondary N) is 2. The third-order valence-electron chi connectivity index (χ3n) is 2.83. The molecule has 6 heteroatoms. The van der Waals surface area contributed by atoms with Crippen molar-refractivity contribution < 1.29 is 9.53 Å². The van der Waals surface area contributed by atoms with Crippen LogP contribution in [-0.4, -0.2) is 41.7 Å². The monoisotopic (exact) mass is 262 g/mol. The van der Waals surface area contributed by atoms with Gasteiger partial charge in [0.1, 0.15) is 11.5 Å². The first-order chi connectivity index (χ1) is 9.29. The molecule has 0 bridgehead atoms. The lowest BCUT2D eigenvalue weighted by molar-refractivity contribution is 0.0853. The number of hydrogen-bond donors (Lipinski definition) is 2. The average molecular weight is 262 g/mol. The molecule has 1 aromatic rings. The number of carbonyl (C=O) groups excluding carboxylic acids is 1. The molecule has 19 heavy (non-hydrogen) atoms. The lowest BCUT2D eigenvalue weighted by atomic mass is 10.2. The molecule has 1 unspecified atom stereocenters. The van der Waals surface area contributed by atoms with Crippen LogP contribution in [0.1, 0.15) is 23.3 Å². The maximum Gasteiger partial charge on any atom is 0.271 e. The zero-order valence-electron chi connectivity index (χ0n) is 10.8. The van der Waals surface area contributed by atoms with Gasteiger partial charge in [0.25, 0.3) is 5.91 Å². The van der Waals surface area contributed by atoms with Crippen LogP contribution in [0.15, 0.2) is 25.0 Å². The minimum Gasteiger partial charge on any atom is -0.376 e. The van der Waals surface area contributed by atoms with Crippen LogP contribution in [0.4, 0.5) is 5.82 Å². The second-order valence-electron chi connectivity index (χ2n) is 4.30. The van der Waals surface area contributed by atoms with Gasteiger partial charge in [0, 0.05) is 19.7 Å². The summed E-state index contributed by atoms with van der Waals surface area (Å²) in [4.78, 5) is 20.0. The van der Waals surface area contributed by atoms with Crippen LogP contribution in [0.25, 0.3) is 0 Å². The number of hydrogen-bond acceptors (Lipinski definition) is 5. The molecule has 1 aliphatic heterocycles. The molecule has 0 saturated carbocycles. The average Bonchev–Trinajstić information content (AvgIpc) is 2.96. The first-order valence-corrected chi connectivity index (χ1v) is 6.36. The SMILES string of the molecule is C=CCNc1cnc(C(=O)NCC2CCCO2)cn1. The Morgan fingerprint density at radius 3 is 3.05 bits per heavy atom. The third-order valence-corrected chi connectivity index (χ3v) is 2.83. The number of amides is 1. The summed E-state index contributed by atoms with van der Waals surface area (Å²) in [6.07, 6.45) is 6.90. The highest BCUT2D eigenvalue weighted by molar-refractivity contribution is 5.92. The van der Waals surface area contributed by atoms with Crippen molar-refractivity contribution >= 4 is 11.7 Å². The number of carbonyl (C=O) groups is 1. The fraction of sp³-hybridized carbons (Fsp3) is 0.462. The number of anilines is 1. The Morgan fingerprint density at radius 2 is 2.42 bits per heavy atom. The van der Waals surface area contributed by atoms with E-state index in [4.69, 9.17) is 4.74 Å². The smallest absolute Gasteiger partial charge is 0.271 e. The van der Waals surface area contributed by atoms with Gasteiger partial charge in [-0.05, 0) is 12.8 Å². The van der Waals surface area contributed by atoms with Crippen LogP contribution in [0.2, 0.25) is 0 Å². The summed E-state index contributed by atoms with van der Waals surface area (Å²) in [5, 5.41) is 5.79. The molecule has 0 aromatic carbocycles. The Kier molecular flexibility index (Phi) is 4.85. The van der Waals surface area contributed by atoms with Crippen LogP contribution in [-0.2, 0) is 4.74 Å². The van der Waals surface area contributed by atoms with E-state index in [0.29, 0.717) is 24.6 Å². The zero-order chi connectivity index (χ0) is 13.5. The first-order valence-electron chi connectivity index (χ1n) is 6.36. The van der Waals surface area contributed by atoms with Gasteiger partial charge >= 0.3 is 0 Å². The van der Waals surface area contributed by atoms with Gasteiger partial charge in [-0.15, -0.1) is 6.58 Å². The minimum atomic E-state index is -0.224. The van der Waals surface area contributed by atoms with Gasteiger partial charge in [-0.25, -0.2) is 9.97 Å². The fourth-order valence-electron chi connectivity index (χ4n) is 1.82. The summed E-state index contributed by atoms with van der Waals surface area (Å²) in [6.45, 7) is 5.51. The summed E-state index contributed by atoms with van der Waals surface area (Å²) >= 11 is 0. The lowest BCUT2D eigenvalue weighted by Gasteiger charge is -2.10. The van der Waals surface area contributed by atoms with Crippen molar-refractivity contribution in [1.82, 2.24) is 15.3 Å². The van der Waals surface area contributed by atoms with Crippen molar-refractivity contribution in [1.29, 1.82) is 0 Å². The van der Waals surface area contributed by atoms with Crippen LogP contribution in [0.3, 0.4) is 0 Å². The molecular formula is C13H18N4O2. The molecular weight excluding hydrogens is 244 g/mol. The van der Waals surface area contributed by atoms with E-state index in [1.807, 2.05) is 0 Å². The Morgan fingerprint density at radius 1 is 1.53 bits per heavy atom. The van der Waals surface area contributed by atoms with Gasteiger partial charge in [-0.2, -0.15) is 0 Å². The summed E-state index contributed by atoms with van der Waals surface area (Å²) in [5.41, 5.74) is 0.308. The first kappa shape index (κ1) is 13.5. The molecule has 1 saturated heterocycles. The van der Waals surface area contributed by atoms with E-state index in [0.717, 1.165) is 19.4 Å². The second kappa shape index (κ2) is 6.84. The Balaban J connectivity index is 1.82. The lowest BCUT2D eigenvalue weighted by Crippen LogP contribution is -2.32. The molecule has 0 spiro atoms. The maximum atomic E-state index is 11.8. The minimum absolute atomic E-state index is 0.130. The molecule has 1 aliphatic rings. The fourth-order valence-corrected chi connectivity index (χ4v) is 1.82. The molecule has 1 amide bonds. The zero-order valence-corrected chi connectivity index (χ0v) is 10.8. The highest BCUT2D eigenvalue weighted by atomic mass is 16.5. The highest BCUT2D eigenvalue weighted by Gasteiger charge is 2.17. The summed E-state index contributed by atoms with van der Waals surface area (Å²) in [6, 6.07) is 0. The van der Waals surface area contributed by atoms with Crippen LogP contribution >= 0.6 is 0 Å². The Labute approximate surface area is 112 Å². The van der Waals surface area contributed by atoms with Gasteiger partial charge < -0.3 is 15.4 Å². The number of ether oxygens (including phenoxy) is 1.